The van der Waals surface area contributed by atoms with Gasteiger partial charge in [0, 0.05) is 12.1 Å². The number of benzene rings is 2. The van der Waals surface area contributed by atoms with E-state index in [1.807, 2.05) is 37.3 Å². The SMILES string of the molecule is CCCNC(=O)c1cc(-c2ccc(F)cc2)nn1-c1ccccc1. The molecule has 1 amide bonds. The predicted molar refractivity (Wildman–Crippen MR) is 91.6 cm³/mol. The normalized spacial score (nSPS) is 10.6. The summed E-state index contributed by atoms with van der Waals surface area (Å²) in [6, 6.07) is 17.3. The van der Waals surface area contributed by atoms with Gasteiger partial charge in [0.1, 0.15) is 11.5 Å². The van der Waals surface area contributed by atoms with Crippen molar-refractivity contribution in [2.45, 2.75) is 13.3 Å². The zero-order valence-electron chi connectivity index (χ0n) is 13.4. The minimum absolute atomic E-state index is 0.179. The van der Waals surface area contributed by atoms with E-state index in [2.05, 4.69) is 10.4 Å². The zero-order valence-corrected chi connectivity index (χ0v) is 13.4. The van der Waals surface area contributed by atoms with E-state index in [1.54, 1.807) is 22.9 Å². The lowest BCUT2D eigenvalue weighted by atomic mass is 10.1. The largest absolute Gasteiger partial charge is 0.351 e. The number of nitrogens with one attached hydrogen (secondary N) is 1. The highest BCUT2D eigenvalue weighted by atomic mass is 19.1. The van der Waals surface area contributed by atoms with E-state index in [4.69, 9.17) is 0 Å². The molecule has 5 heteroatoms. The van der Waals surface area contributed by atoms with Gasteiger partial charge >= 0.3 is 0 Å². The van der Waals surface area contributed by atoms with Gasteiger partial charge in [-0.3, -0.25) is 4.79 Å². The Bertz CT molecular complexity index is 826. The molecule has 0 spiro atoms. The first-order valence-electron chi connectivity index (χ1n) is 7.88. The van der Waals surface area contributed by atoms with Gasteiger partial charge in [-0.2, -0.15) is 5.10 Å². The molecular weight excluding hydrogens is 305 g/mol. The molecule has 0 fully saturated rings. The molecule has 3 rings (SSSR count). The van der Waals surface area contributed by atoms with Crippen LogP contribution in [0.3, 0.4) is 0 Å². The summed E-state index contributed by atoms with van der Waals surface area (Å²) in [6.07, 6.45) is 0.857. The van der Waals surface area contributed by atoms with Gasteiger partial charge in [0.05, 0.1) is 11.4 Å². The highest BCUT2D eigenvalue weighted by Crippen LogP contribution is 2.22. The van der Waals surface area contributed by atoms with Crippen LogP contribution in [0.25, 0.3) is 16.9 Å². The lowest BCUT2D eigenvalue weighted by molar-refractivity contribution is 0.0946. The van der Waals surface area contributed by atoms with E-state index >= 15 is 0 Å². The maximum Gasteiger partial charge on any atom is 0.270 e. The van der Waals surface area contributed by atoms with Gasteiger partial charge in [-0.15, -0.1) is 0 Å². The fraction of sp³-hybridized carbons (Fsp3) is 0.158. The van der Waals surface area contributed by atoms with Gasteiger partial charge in [0.2, 0.25) is 0 Å². The molecule has 4 nitrogen and oxygen atoms in total. The number of aromatic nitrogens is 2. The molecule has 1 N–H and O–H groups in total. The van der Waals surface area contributed by atoms with Crippen molar-refractivity contribution in [2.75, 3.05) is 6.54 Å². The van der Waals surface area contributed by atoms with Crippen LogP contribution in [0.4, 0.5) is 4.39 Å². The van der Waals surface area contributed by atoms with Crippen LogP contribution >= 0.6 is 0 Å². The molecule has 2 aromatic carbocycles. The standard InChI is InChI=1S/C19H18FN3O/c1-2-12-21-19(24)18-13-17(14-8-10-15(20)11-9-14)22-23(18)16-6-4-3-5-7-16/h3-11,13H,2,12H2,1H3,(H,21,24). The molecule has 0 aliphatic carbocycles. The molecule has 0 saturated heterocycles. The maximum absolute atomic E-state index is 13.1. The van der Waals surface area contributed by atoms with Crippen LogP contribution in [-0.4, -0.2) is 22.2 Å². The average Bonchev–Trinajstić information content (AvgIpc) is 3.06. The zero-order chi connectivity index (χ0) is 16.9. The minimum atomic E-state index is -0.304. The molecule has 0 atom stereocenters. The highest BCUT2D eigenvalue weighted by molar-refractivity contribution is 5.94. The van der Waals surface area contributed by atoms with Crippen molar-refractivity contribution in [1.82, 2.24) is 15.1 Å². The van der Waals surface area contributed by atoms with Gasteiger partial charge in [-0.25, -0.2) is 9.07 Å². The van der Waals surface area contributed by atoms with E-state index in [0.29, 0.717) is 17.9 Å². The molecule has 0 radical (unpaired) electrons. The summed E-state index contributed by atoms with van der Waals surface area (Å²) in [5.74, 6) is -0.483. The van der Waals surface area contributed by atoms with Crippen molar-refractivity contribution in [1.29, 1.82) is 0 Å². The van der Waals surface area contributed by atoms with Crippen molar-refractivity contribution in [3.63, 3.8) is 0 Å². The Morgan fingerprint density at radius 3 is 2.50 bits per heavy atom. The number of hydrogen-bond donors (Lipinski definition) is 1. The monoisotopic (exact) mass is 323 g/mol. The predicted octanol–water partition coefficient (Wildman–Crippen LogP) is 3.82. The summed E-state index contributed by atoms with van der Waals surface area (Å²) in [7, 11) is 0. The Balaban J connectivity index is 2.05. The van der Waals surface area contributed by atoms with Crippen LogP contribution in [-0.2, 0) is 0 Å². The van der Waals surface area contributed by atoms with Gasteiger partial charge in [0.25, 0.3) is 5.91 Å². The number of rotatable bonds is 5. The Hall–Kier alpha value is -2.95. The van der Waals surface area contributed by atoms with Crippen LogP contribution in [0.5, 0.6) is 0 Å². The second-order valence-electron chi connectivity index (χ2n) is 5.42. The van der Waals surface area contributed by atoms with Gasteiger partial charge < -0.3 is 5.32 Å². The van der Waals surface area contributed by atoms with Crippen molar-refractivity contribution >= 4 is 5.91 Å². The third kappa shape index (κ3) is 3.35. The summed E-state index contributed by atoms with van der Waals surface area (Å²) in [5, 5.41) is 7.42. The first kappa shape index (κ1) is 15.9. The van der Waals surface area contributed by atoms with Crippen LogP contribution in [0.2, 0.25) is 0 Å². The number of amides is 1. The van der Waals surface area contributed by atoms with Crippen LogP contribution < -0.4 is 5.32 Å². The maximum atomic E-state index is 13.1. The second-order valence-corrected chi connectivity index (χ2v) is 5.42. The third-order valence-electron chi connectivity index (χ3n) is 3.62. The third-order valence-corrected chi connectivity index (χ3v) is 3.62. The van der Waals surface area contributed by atoms with Gasteiger partial charge in [-0.1, -0.05) is 25.1 Å². The minimum Gasteiger partial charge on any atom is -0.351 e. The molecular formula is C19H18FN3O. The molecule has 3 aromatic rings. The van der Waals surface area contributed by atoms with Crippen LogP contribution in [0.15, 0.2) is 60.7 Å². The summed E-state index contributed by atoms with van der Waals surface area (Å²) >= 11 is 0. The summed E-state index contributed by atoms with van der Waals surface area (Å²) in [5.41, 5.74) is 2.64. The molecule has 1 heterocycles. The van der Waals surface area contributed by atoms with E-state index in [0.717, 1.165) is 17.7 Å². The van der Waals surface area contributed by atoms with Gasteiger partial charge in [0.15, 0.2) is 0 Å². The first-order chi connectivity index (χ1) is 11.7. The molecule has 0 saturated carbocycles. The number of hydrogen-bond acceptors (Lipinski definition) is 2. The molecule has 0 bridgehead atoms. The first-order valence-corrected chi connectivity index (χ1v) is 7.88. The molecule has 0 unspecified atom stereocenters. The fourth-order valence-corrected chi connectivity index (χ4v) is 2.40. The van der Waals surface area contributed by atoms with E-state index in [9.17, 15) is 9.18 Å². The lowest BCUT2D eigenvalue weighted by Gasteiger charge is -2.07. The Morgan fingerprint density at radius 2 is 1.83 bits per heavy atom. The summed E-state index contributed by atoms with van der Waals surface area (Å²) < 4.78 is 14.7. The van der Waals surface area contributed by atoms with E-state index in [1.165, 1.54) is 12.1 Å². The van der Waals surface area contributed by atoms with Crippen LogP contribution in [0, 0.1) is 5.82 Å². The molecule has 24 heavy (non-hydrogen) atoms. The smallest absolute Gasteiger partial charge is 0.270 e. The quantitative estimate of drug-likeness (QED) is 0.776. The average molecular weight is 323 g/mol. The molecule has 0 aliphatic rings. The fourth-order valence-electron chi connectivity index (χ4n) is 2.40. The van der Waals surface area contributed by atoms with Gasteiger partial charge in [-0.05, 0) is 48.9 Å². The number of halogens is 1. The van der Waals surface area contributed by atoms with Crippen molar-refractivity contribution in [2.24, 2.45) is 0 Å². The number of carbonyl (C=O) groups excluding carboxylic acids is 1. The van der Waals surface area contributed by atoms with E-state index in [-0.39, 0.29) is 11.7 Å². The molecule has 122 valence electrons. The topological polar surface area (TPSA) is 46.9 Å². The molecule has 1 aromatic heterocycles. The molecule has 0 aliphatic heterocycles. The number of para-hydroxylation sites is 1. The summed E-state index contributed by atoms with van der Waals surface area (Å²) in [6.45, 7) is 2.60. The van der Waals surface area contributed by atoms with Crippen LogP contribution in [0.1, 0.15) is 23.8 Å². The van der Waals surface area contributed by atoms with Crippen molar-refractivity contribution < 1.29 is 9.18 Å². The number of carbonyl (C=O) groups is 1. The Kier molecular flexibility index (Phi) is 4.70. The van der Waals surface area contributed by atoms with Crippen molar-refractivity contribution in [3.8, 4) is 16.9 Å². The summed E-state index contributed by atoms with van der Waals surface area (Å²) in [4.78, 5) is 12.5. The lowest BCUT2D eigenvalue weighted by Crippen LogP contribution is -2.26. The Morgan fingerprint density at radius 1 is 1.12 bits per heavy atom. The highest BCUT2D eigenvalue weighted by Gasteiger charge is 2.17. The second kappa shape index (κ2) is 7.08. The Labute approximate surface area is 139 Å². The van der Waals surface area contributed by atoms with Crippen molar-refractivity contribution in [3.05, 3.63) is 72.2 Å². The van der Waals surface area contributed by atoms with E-state index < -0.39 is 0 Å². The number of nitrogens with zero attached hydrogens (tertiary/aromatic N) is 2.